The number of halogens is 2. The van der Waals surface area contributed by atoms with Crippen molar-refractivity contribution in [3.8, 4) is 11.5 Å². The van der Waals surface area contributed by atoms with Gasteiger partial charge in [0.2, 0.25) is 5.82 Å². The minimum atomic E-state index is -0.852. The molecule has 2 bridgehead atoms. The number of aromatic nitrogens is 5. The van der Waals surface area contributed by atoms with E-state index >= 15 is 4.39 Å². The lowest BCUT2D eigenvalue weighted by Gasteiger charge is -2.47. The van der Waals surface area contributed by atoms with Gasteiger partial charge in [-0.15, -0.1) is 0 Å². The highest BCUT2D eigenvalue weighted by atomic mass is 35.5. The molecule has 4 aromatic rings. The van der Waals surface area contributed by atoms with Crippen molar-refractivity contribution < 1.29 is 18.7 Å². The van der Waals surface area contributed by atoms with E-state index in [1.807, 2.05) is 17.0 Å². The summed E-state index contributed by atoms with van der Waals surface area (Å²) in [5.41, 5.74) is 0.898. The van der Waals surface area contributed by atoms with Gasteiger partial charge in [0.25, 0.3) is 0 Å². The fraction of sp³-hybridized carbons (Fsp3) is 0.444. The Morgan fingerprint density at radius 2 is 1.88 bits per heavy atom. The second kappa shape index (κ2) is 9.92. The van der Waals surface area contributed by atoms with E-state index in [0.29, 0.717) is 47.9 Å². The lowest BCUT2D eigenvalue weighted by atomic mass is 9.61. The van der Waals surface area contributed by atoms with Crippen LogP contribution in [0.2, 0.25) is 5.02 Å². The predicted molar refractivity (Wildman–Crippen MR) is 147 cm³/mol. The molecule has 4 aromatic heterocycles. The van der Waals surface area contributed by atoms with Crippen LogP contribution in [0.15, 0.2) is 35.1 Å². The number of carboxylic acids is 1. The molecule has 0 spiro atoms. The van der Waals surface area contributed by atoms with Gasteiger partial charge in [0.05, 0.1) is 22.6 Å². The molecule has 1 saturated heterocycles. The van der Waals surface area contributed by atoms with Gasteiger partial charge in [0.1, 0.15) is 5.69 Å². The molecule has 1 aliphatic heterocycles. The maximum Gasteiger partial charge on any atom is 0.308 e. The van der Waals surface area contributed by atoms with Gasteiger partial charge >= 0.3 is 5.97 Å². The van der Waals surface area contributed by atoms with E-state index in [1.165, 1.54) is 6.20 Å². The second-order valence-corrected chi connectivity index (χ2v) is 11.2. The van der Waals surface area contributed by atoms with Crippen LogP contribution in [-0.4, -0.2) is 68.4 Å². The zero-order valence-corrected chi connectivity index (χ0v) is 22.3. The van der Waals surface area contributed by atoms with Crippen LogP contribution < -0.4 is 15.1 Å². The highest BCUT2D eigenvalue weighted by Crippen LogP contribution is 2.46. The van der Waals surface area contributed by atoms with Crippen LogP contribution >= 0.6 is 11.6 Å². The molecule has 11 nitrogen and oxygen atoms in total. The molecule has 208 valence electrons. The number of nitrogens with zero attached hydrogens (tertiary/aromatic N) is 6. The Morgan fingerprint density at radius 3 is 2.60 bits per heavy atom. The number of rotatable bonds is 6. The van der Waals surface area contributed by atoms with Gasteiger partial charge in [0.15, 0.2) is 29.0 Å². The number of fused-ring (bicyclic) bond motifs is 4. The van der Waals surface area contributed by atoms with Gasteiger partial charge in [-0.3, -0.25) is 9.89 Å². The highest BCUT2D eigenvalue weighted by Gasteiger charge is 2.48. The van der Waals surface area contributed by atoms with Gasteiger partial charge in [-0.1, -0.05) is 11.6 Å². The van der Waals surface area contributed by atoms with E-state index in [2.05, 4.69) is 35.4 Å². The topological polar surface area (TPSA) is 136 Å². The highest BCUT2D eigenvalue weighted by molar-refractivity contribution is 6.31. The minimum absolute atomic E-state index is 0.0107. The normalized spacial score (nSPS) is 24.6. The first-order chi connectivity index (χ1) is 19.5. The largest absolute Gasteiger partial charge is 0.481 e. The average Bonchev–Trinajstić information content (AvgIpc) is 3.65. The van der Waals surface area contributed by atoms with Crippen molar-refractivity contribution >= 4 is 46.1 Å². The van der Waals surface area contributed by atoms with Gasteiger partial charge < -0.3 is 24.6 Å². The number of hydrogen-bond donors (Lipinski definition) is 3. The van der Waals surface area contributed by atoms with Crippen molar-refractivity contribution in [1.82, 2.24) is 25.1 Å². The Balaban J connectivity index is 1.28. The summed E-state index contributed by atoms with van der Waals surface area (Å²) in [6.45, 7) is 2.25. The molecule has 8 rings (SSSR count). The van der Waals surface area contributed by atoms with E-state index in [9.17, 15) is 9.90 Å². The molecular weight excluding hydrogens is 539 g/mol. The number of pyridine rings is 1. The number of carbonyl (C=O) groups is 1. The van der Waals surface area contributed by atoms with E-state index in [4.69, 9.17) is 16.0 Å². The SMILES string of the molecule is O=C(O)C1C2CCC(CC2)C1Nc1nc(-c2n[nH]c3ncc(Cl)cc23)nc(N2CCN(c3ccco3)CC2)c1F. The number of H-pyrrole nitrogens is 1. The first kappa shape index (κ1) is 25.1. The molecule has 3 N–H and O–H groups in total. The summed E-state index contributed by atoms with van der Waals surface area (Å²) in [5.74, 6) is -0.735. The molecule has 4 aliphatic rings. The zero-order chi connectivity index (χ0) is 27.4. The third-order valence-corrected chi connectivity index (χ3v) is 8.84. The standard InChI is InChI=1S/C27H28ClFN8O3/c28-16-12-17-22(34-35-23(17)30-13-16)25-32-24(31-21-15-5-3-14(4-6-15)19(21)27(38)39)20(29)26(33-25)37-9-7-36(8-10-37)18-2-1-11-40-18/h1-2,11-15,19,21H,3-10H2,(H,38,39)(H,30,34,35)(H,31,32,33). The van der Waals surface area contributed by atoms with Crippen LogP contribution in [0.3, 0.4) is 0 Å². The quantitative estimate of drug-likeness (QED) is 0.307. The van der Waals surface area contributed by atoms with Crippen LogP contribution in [0.1, 0.15) is 25.7 Å². The fourth-order valence-electron chi connectivity index (χ4n) is 6.65. The zero-order valence-electron chi connectivity index (χ0n) is 21.6. The van der Waals surface area contributed by atoms with Crippen LogP contribution in [0, 0.1) is 23.6 Å². The molecule has 3 aliphatic carbocycles. The third-order valence-electron chi connectivity index (χ3n) is 8.63. The van der Waals surface area contributed by atoms with Gasteiger partial charge in [0, 0.05) is 44.5 Å². The Labute approximate surface area is 233 Å². The van der Waals surface area contributed by atoms with Crippen molar-refractivity contribution in [2.75, 3.05) is 41.3 Å². The number of piperazine rings is 1. The van der Waals surface area contributed by atoms with Gasteiger partial charge in [-0.25, -0.2) is 15.0 Å². The van der Waals surface area contributed by atoms with Crippen LogP contribution in [-0.2, 0) is 4.79 Å². The molecule has 2 atom stereocenters. The molecule has 13 heteroatoms. The monoisotopic (exact) mass is 566 g/mol. The Morgan fingerprint density at radius 1 is 1.12 bits per heavy atom. The predicted octanol–water partition coefficient (Wildman–Crippen LogP) is 4.43. The molecule has 2 unspecified atom stereocenters. The van der Waals surface area contributed by atoms with Gasteiger partial charge in [-0.05, 0) is 49.7 Å². The molecule has 0 amide bonds. The van der Waals surface area contributed by atoms with E-state index in [1.54, 1.807) is 12.3 Å². The lowest BCUT2D eigenvalue weighted by Crippen LogP contribution is -2.51. The minimum Gasteiger partial charge on any atom is -0.481 e. The number of aromatic amines is 1. The third kappa shape index (κ3) is 4.30. The first-order valence-corrected chi connectivity index (χ1v) is 13.9. The summed E-state index contributed by atoms with van der Waals surface area (Å²) in [5, 5.41) is 21.6. The van der Waals surface area contributed by atoms with Crippen molar-refractivity contribution in [2.45, 2.75) is 31.7 Å². The lowest BCUT2D eigenvalue weighted by molar-refractivity contribution is -0.148. The van der Waals surface area contributed by atoms with E-state index in [0.717, 1.165) is 31.6 Å². The number of nitrogens with one attached hydrogen (secondary N) is 2. The van der Waals surface area contributed by atoms with Crippen LogP contribution in [0.5, 0.6) is 0 Å². The van der Waals surface area contributed by atoms with Crippen LogP contribution in [0.25, 0.3) is 22.6 Å². The molecule has 0 aromatic carbocycles. The second-order valence-electron chi connectivity index (χ2n) is 10.8. The summed E-state index contributed by atoms with van der Waals surface area (Å²) in [7, 11) is 0. The Hall–Kier alpha value is -3.93. The molecule has 0 radical (unpaired) electrons. The molecule has 4 fully saturated rings. The Bertz CT molecular complexity index is 1550. The van der Waals surface area contributed by atoms with Crippen molar-refractivity contribution in [3.63, 3.8) is 0 Å². The molecule has 3 saturated carbocycles. The van der Waals surface area contributed by atoms with Crippen molar-refractivity contribution in [1.29, 1.82) is 0 Å². The maximum absolute atomic E-state index is 16.3. The fourth-order valence-corrected chi connectivity index (χ4v) is 6.81. The summed E-state index contributed by atoms with van der Waals surface area (Å²) in [6, 6.07) is 5.04. The number of carboxylic acid groups (broad SMARTS) is 1. The summed E-state index contributed by atoms with van der Waals surface area (Å²) < 4.78 is 21.8. The van der Waals surface area contributed by atoms with Crippen LogP contribution in [0.4, 0.5) is 21.9 Å². The van der Waals surface area contributed by atoms with Crippen molar-refractivity contribution in [2.24, 2.45) is 17.8 Å². The average molecular weight is 567 g/mol. The summed E-state index contributed by atoms with van der Waals surface area (Å²) in [6.07, 6.45) is 6.75. The Kier molecular flexibility index (Phi) is 6.21. The smallest absolute Gasteiger partial charge is 0.308 e. The molecule has 5 heterocycles. The van der Waals surface area contributed by atoms with Gasteiger partial charge in [-0.2, -0.15) is 9.49 Å². The van der Waals surface area contributed by atoms with E-state index in [-0.39, 0.29) is 29.3 Å². The summed E-state index contributed by atoms with van der Waals surface area (Å²) in [4.78, 5) is 29.8. The number of hydrogen-bond acceptors (Lipinski definition) is 9. The summed E-state index contributed by atoms with van der Waals surface area (Å²) >= 11 is 6.22. The van der Waals surface area contributed by atoms with E-state index < -0.39 is 23.7 Å². The number of furan rings is 1. The maximum atomic E-state index is 16.3. The number of aliphatic carboxylic acids is 1. The number of anilines is 3. The first-order valence-electron chi connectivity index (χ1n) is 13.6. The molecular formula is C27H28ClFN8O3. The molecule has 40 heavy (non-hydrogen) atoms. The van der Waals surface area contributed by atoms with Crippen molar-refractivity contribution in [3.05, 3.63) is 41.5 Å².